The Labute approximate surface area is 141 Å². The Bertz CT molecular complexity index is 496. The van der Waals surface area contributed by atoms with Crippen molar-refractivity contribution in [1.29, 1.82) is 0 Å². The van der Waals surface area contributed by atoms with Gasteiger partial charge in [0.2, 0.25) is 11.7 Å². The van der Waals surface area contributed by atoms with E-state index in [9.17, 15) is 14.4 Å². The van der Waals surface area contributed by atoms with Crippen molar-refractivity contribution in [2.24, 2.45) is 0 Å². The summed E-state index contributed by atoms with van der Waals surface area (Å²) in [5.74, 6) is -1.44. The number of carbonyl (C=O) groups excluding carboxylic acids is 3. The van der Waals surface area contributed by atoms with E-state index in [1.165, 1.54) is 7.11 Å². The maximum atomic E-state index is 12.4. The van der Waals surface area contributed by atoms with Crippen LogP contribution in [0.2, 0.25) is 0 Å². The molecule has 1 amide bonds. The van der Waals surface area contributed by atoms with Gasteiger partial charge in [-0.2, -0.15) is 4.79 Å². The van der Waals surface area contributed by atoms with Crippen molar-refractivity contribution in [3.8, 4) is 0 Å². The number of hydrogen-bond acceptors (Lipinski definition) is 5. The fourth-order valence-corrected chi connectivity index (χ4v) is 2.49. The molecule has 1 aliphatic carbocycles. The van der Waals surface area contributed by atoms with Gasteiger partial charge in [-0.25, -0.2) is 4.79 Å². The van der Waals surface area contributed by atoms with Gasteiger partial charge in [0.15, 0.2) is 0 Å². The smallest absolute Gasteiger partial charge is 0.328 e. The molecule has 0 heterocycles. The number of hydrogen-bond donors (Lipinski definition) is 1. The molecule has 1 fully saturated rings. The van der Waals surface area contributed by atoms with E-state index in [0.29, 0.717) is 0 Å². The summed E-state index contributed by atoms with van der Waals surface area (Å²) >= 11 is 0. The van der Waals surface area contributed by atoms with Crippen molar-refractivity contribution in [1.82, 2.24) is 5.32 Å². The highest BCUT2D eigenvalue weighted by molar-refractivity contribution is 6.25. The number of rotatable bonds is 9. The van der Waals surface area contributed by atoms with Gasteiger partial charge in [0.1, 0.15) is 18.2 Å². The largest absolute Gasteiger partial charge is 0.461 e. The molecule has 0 unspecified atom stereocenters. The number of amides is 1. The average molecular weight is 339 g/mol. The van der Waals surface area contributed by atoms with E-state index >= 15 is 0 Å². The highest BCUT2D eigenvalue weighted by Crippen LogP contribution is 2.21. The second-order valence-electron chi connectivity index (χ2n) is 5.89. The summed E-state index contributed by atoms with van der Waals surface area (Å²) < 4.78 is 10.4. The predicted molar refractivity (Wildman–Crippen MR) is 85.3 cm³/mol. The van der Waals surface area contributed by atoms with Crippen LogP contribution in [-0.2, 0) is 23.9 Å². The normalized spacial score (nSPS) is 17.2. The van der Waals surface area contributed by atoms with Gasteiger partial charge >= 0.3 is 12.2 Å². The van der Waals surface area contributed by atoms with Crippen LogP contribution in [-0.4, -0.2) is 54.0 Å². The molecule has 0 aromatic carbocycles. The van der Waals surface area contributed by atoms with Gasteiger partial charge in [-0.05, 0) is 39.0 Å². The number of ether oxygens (including phenoxy) is 2. The van der Waals surface area contributed by atoms with Crippen LogP contribution in [0.25, 0.3) is 5.53 Å². The third-order valence-electron chi connectivity index (χ3n) is 4.04. The van der Waals surface area contributed by atoms with E-state index in [4.69, 9.17) is 15.0 Å². The Morgan fingerprint density at radius 2 is 1.96 bits per heavy atom. The molecule has 0 bridgehead atoms. The Kier molecular flexibility index (Phi) is 8.89. The molecule has 0 aromatic rings. The van der Waals surface area contributed by atoms with Crippen LogP contribution >= 0.6 is 0 Å². The first-order valence-electron chi connectivity index (χ1n) is 8.21. The Morgan fingerprint density at radius 3 is 2.54 bits per heavy atom. The van der Waals surface area contributed by atoms with Crippen molar-refractivity contribution >= 4 is 23.9 Å². The standard InChI is InChI=1S/C16H25N3O5/c1-11(23-2)15(21)19-14(9-8-12(20)10-18-17)16(22)24-13-6-4-3-5-7-13/h10-11,13-14H,3-9H2,1-2H3,(H,19,21)/t11-,14+/m1/s1. The molecule has 1 aliphatic rings. The van der Waals surface area contributed by atoms with Gasteiger partial charge in [0.25, 0.3) is 0 Å². The van der Waals surface area contributed by atoms with Crippen LogP contribution in [0.4, 0.5) is 0 Å². The molecule has 134 valence electrons. The second kappa shape index (κ2) is 10.7. The van der Waals surface area contributed by atoms with Gasteiger partial charge in [0, 0.05) is 13.5 Å². The first-order chi connectivity index (χ1) is 11.5. The lowest BCUT2D eigenvalue weighted by Crippen LogP contribution is -2.47. The summed E-state index contributed by atoms with van der Waals surface area (Å²) in [7, 11) is 1.39. The monoisotopic (exact) mass is 339 g/mol. The summed E-state index contributed by atoms with van der Waals surface area (Å²) in [4.78, 5) is 38.4. The van der Waals surface area contributed by atoms with E-state index in [2.05, 4.69) is 10.1 Å². The average Bonchev–Trinajstić information content (AvgIpc) is 2.58. The molecule has 0 aromatic heterocycles. The van der Waals surface area contributed by atoms with Gasteiger partial charge in [-0.3, -0.25) is 9.59 Å². The van der Waals surface area contributed by atoms with Crippen LogP contribution in [0.1, 0.15) is 51.9 Å². The van der Waals surface area contributed by atoms with E-state index in [1.54, 1.807) is 6.92 Å². The number of Topliss-reactive ketones (excluding diaryl/α,β-unsaturated/α-hetero) is 1. The molecule has 0 saturated heterocycles. The molecule has 0 spiro atoms. The number of nitrogens with one attached hydrogen (secondary N) is 1. The molecule has 1 N–H and O–H groups in total. The summed E-state index contributed by atoms with van der Waals surface area (Å²) in [6.45, 7) is 1.56. The number of esters is 1. The second-order valence-corrected chi connectivity index (χ2v) is 5.89. The molecule has 1 saturated carbocycles. The van der Waals surface area contributed by atoms with E-state index in [1.807, 2.05) is 0 Å². The van der Waals surface area contributed by atoms with Gasteiger partial charge in [-0.15, -0.1) is 0 Å². The van der Waals surface area contributed by atoms with Crippen molar-refractivity contribution in [2.45, 2.75) is 70.1 Å². The van der Waals surface area contributed by atoms with Gasteiger partial charge < -0.3 is 20.3 Å². The molecule has 2 atom stereocenters. The summed E-state index contributed by atoms with van der Waals surface area (Å²) in [6, 6.07) is -0.937. The van der Waals surface area contributed by atoms with Crippen molar-refractivity contribution < 1.29 is 28.6 Å². The summed E-state index contributed by atoms with van der Waals surface area (Å²) in [6.07, 6.45) is 4.73. The maximum Gasteiger partial charge on any atom is 0.328 e. The molecule has 0 radical (unpaired) electrons. The van der Waals surface area contributed by atoms with Crippen LogP contribution in [0.15, 0.2) is 0 Å². The van der Waals surface area contributed by atoms with Crippen LogP contribution in [0, 0.1) is 0 Å². The maximum absolute atomic E-state index is 12.4. The molecule has 24 heavy (non-hydrogen) atoms. The predicted octanol–water partition coefficient (Wildman–Crippen LogP) is 1.03. The van der Waals surface area contributed by atoms with Crippen LogP contribution in [0.5, 0.6) is 0 Å². The molecular weight excluding hydrogens is 314 g/mol. The lowest BCUT2D eigenvalue weighted by atomic mass is 9.97. The minimum atomic E-state index is -0.937. The van der Waals surface area contributed by atoms with E-state index in [-0.39, 0.29) is 18.9 Å². The zero-order chi connectivity index (χ0) is 17.9. The number of carbonyl (C=O) groups is 3. The topological polar surface area (TPSA) is 118 Å². The molecular formula is C16H25N3O5. The Morgan fingerprint density at radius 1 is 1.29 bits per heavy atom. The molecule has 1 rings (SSSR count). The molecule has 8 heteroatoms. The summed E-state index contributed by atoms with van der Waals surface area (Å²) in [5.41, 5.74) is 8.35. The van der Waals surface area contributed by atoms with Crippen LogP contribution in [0.3, 0.4) is 0 Å². The van der Waals surface area contributed by atoms with Crippen molar-refractivity contribution in [3.63, 3.8) is 0 Å². The zero-order valence-corrected chi connectivity index (χ0v) is 14.2. The number of methoxy groups -OCH3 is 1. The lowest BCUT2D eigenvalue weighted by molar-refractivity contribution is -0.155. The fourth-order valence-electron chi connectivity index (χ4n) is 2.49. The molecule has 8 nitrogen and oxygen atoms in total. The van der Waals surface area contributed by atoms with Crippen LogP contribution < -0.4 is 5.32 Å². The van der Waals surface area contributed by atoms with Gasteiger partial charge in [0.05, 0.1) is 0 Å². The number of ketones is 1. The van der Waals surface area contributed by atoms with Crippen molar-refractivity contribution in [2.75, 3.05) is 7.11 Å². The Balaban J connectivity index is 2.66. The fraction of sp³-hybridized carbons (Fsp3) is 0.750. The van der Waals surface area contributed by atoms with E-state index < -0.39 is 29.8 Å². The quantitative estimate of drug-likeness (QED) is 0.291. The first-order valence-corrected chi connectivity index (χ1v) is 8.21. The third-order valence-corrected chi connectivity index (χ3v) is 4.04. The Hall–Kier alpha value is -2.05. The zero-order valence-electron chi connectivity index (χ0n) is 14.2. The highest BCUT2D eigenvalue weighted by atomic mass is 16.5. The van der Waals surface area contributed by atoms with E-state index in [0.717, 1.165) is 38.3 Å². The minimum Gasteiger partial charge on any atom is -0.461 e. The minimum absolute atomic E-state index is 0.0455. The third kappa shape index (κ3) is 7.02. The highest BCUT2D eigenvalue weighted by Gasteiger charge is 2.28. The number of nitrogens with zero attached hydrogens (tertiary/aromatic N) is 2. The SMILES string of the molecule is CO[C@H](C)C(=O)N[C@@H](CCC(=O)C=[N+]=[N-])C(=O)OC1CCCCC1. The first kappa shape index (κ1) is 20.0. The van der Waals surface area contributed by atoms with Gasteiger partial charge in [-0.1, -0.05) is 6.42 Å². The summed E-state index contributed by atoms with van der Waals surface area (Å²) in [5, 5.41) is 2.56. The molecule has 0 aliphatic heterocycles. The van der Waals surface area contributed by atoms with Crippen molar-refractivity contribution in [3.05, 3.63) is 5.53 Å². The lowest BCUT2D eigenvalue weighted by Gasteiger charge is -2.25.